The van der Waals surface area contributed by atoms with E-state index in [2.05, 4.69) is 4.94 Å². The first-order valence-electron chi connectivity index (χ1n) is 2.56. The lowest BCUT2D eigenvalue weighted by Crippen LogP contribution is -2.38. The highest BCUT2D eigenvalue weighted by Gasteiger charge is 2.11. The molecule has 0 spiro atoms. The van der Waals surface area contributed by atoms with Crippen LogP contribution in [0.3, 0.4) is 0 Å². The summed E-state index contributed by atoms with van der Waals surface area (Å²) in [7, 11) is 0.192. The molecule has 9 heteroatoms. The first-order chi connectivity index (χ1) is 4.95. The van der Waals surface area contributed by atoms with Crippen molar-refractivity contribution < 1.29 is 24.7 Å². The van der Waals surface area contributed by atoms with Gasteiger partial charge in [-0.15, -0.1) is 0 Å². The van der Waals surface area contributed by atoms with Crippen molar-refractivity contribution in [3.8, 4) is 0 Å². The molecule has 0 unspecified atom stereocenters. The maximum Gasteiger partial charge on any atom is 0.423 e. The normalized spacial score (nSPS) is 9.45. The Morgan fingerprint density at radius 3 is 1.55 bits per heavy atom. The molecule has 0 rings (SSSR count). The number of hydroxylamine groups is 2. The fourth-order valence-electron chi connectivity index (χ4n) is 0.254. The minimum Gasteiger partial charge on any atom is -0.464 e. The van der Waals surface area contributed by atoms with Gasteiger partial charge < -0.3 is 10.2 Å². The molecule has 0 saturated heterocycles. The molecule has 0 aromatic heterocycles. The van der Waals surface area contributed by atoms with Crippen LogP contribution in [0, 0.1) is 0 Å². The number of hydrogen-bond donors (Lipinski definition) is 2. The van der Waals surface area contributed by atoms with Crippen molar-refractivity contribution in [1.82, 2.24) is 9.46 Å². The number of nitrogens with zero attached hydrogens (tertiary/aromatic N) is 2. The Labute approximate surface area is 68.1 Å². The van der Waals surface area contributed by atoms with Crippen LogP contribution in [0.5, 0.6) is 0 Å². The van der Waals surface area contributed by atoms with Gasteiger partial charge in [0, 0.05) is 0 Å². The molecule has 7 nitrogen and oxygen atoms in total. The van der Waals surface area contributed by atoms with E-state index in [1.807, 2.05) is 0 Å². The second-order valence-corrected chi connectivity index (χ2v) is 3.27. The molecule has 0 heterocycles. The predicted molar refractivity (Wildman–Crippen MR) is 40.7 cm³/mol. The average molecular weight is 196 g/mol. The van der Waals surface area contributed by atoms with E-state index in [4.69, 9.17) is 10.2 Å². The van der Waals surface area contributed by atoms with Gasteiger partial charge in [-0.05, 0) is 0 Å². The molecule has 0 bridgehead atoms. The zero-order valence-electron chi connectivity index (χ0n) is 6.01. The smallest absolute Gasteiger partial charge is 0.423 e. The van der Waals surface area contributed by atoms with Crippen molar-refractivity contribution >= 4 is 33.0 Å². The van der Waals surface area contributed by atoms with Crippen LogP contribution in [0.15, 0.2) is 0 Å². The Morgan fingerprint density at radius 1 is 1.09 bits per heavy atom. The van der Waals surface area contributed by atoms with Gasteiger partial charge in [0.25, 0.3) is 0 Å². The SMILES string of the molecule is O=C(O)N([SiH3])ON([SiH3])C(=O)O. The number of rotatable bonds is 2. The molecular weight excluding hydrogens is 188 g/mol. The molecule has 64 valence electrons. The number of hydrogen-bond acceptors (Lipinski definition) is 3. The Morgan fingerprint density at radius 2 is 1.36 bits per heavy atom. The quantitative estimate of drug-likeness (QED) is 0.372. The standard InChI is InChI=1S/C2H8N2O5Si2/c5-1(6)3(10)9-4(11)2(7)8/h10-11H3,(H,5,6)(H,7,8). The molecule has 0 aliphatic heterocycles. The first-order valence-corrected chi connectivity index (χ1v) is 4.35. The molecule has 0 aliphatic rings. The van der Waals surface area contributed by atoms with Crippen molar-refractivity contribution in [2.24, 2.45) is 0 Å². The zero-order chi connectivity index (χ0) is 9.02. The van der Waals surface area contributed by atoms with Gasteiger partial charge in [0.2, 0.25) is 0 Å². The largest absolute Gasteiger partial charge is 0.464 e. The molecule has 0 fully saturated rings. The van der Waals surface area contributed by atoms with E-state index in [9.17, 15) is 9.59 Å². The molecule has 0 atom stereocenters. The van der Waals surface area contributed by atoms with E-state index in [0.717, 1.165) is 0 Å². The second-order valence-electron chi connectivity index (χ2n) is 1.64. The Kier molecular flexibility index (Phi) is 3.57. The van der Waals surface area contributed by atoms with E-state index >= 15 is 0 Å². The van der Waals surface area contributed by atoms with Gasteiger partial charge in [0.05, 0.1) is 0 Å². The van der Waals surface area contributed by atoms with E-state index in [1.165, 1.54) is 0 Å². The van der Waals surface area contributed by atoms with Crippen LogP contribution in [-0.4, -0.2) is 52.7 Å². The van der Waals surface area contributed by atoms with Crippen molar-refractivity contribution in [2.75, 3.05) is 0 Å². The minimum atomic E-state index is -1.29. The van der Waals surface area contributed by atoms with E-state index in [-0.39, 0.29) is 20.8 Å². The highest BCUT2D eigenvalue weighted by molar-refractivity contribution is 6.13. The molecule has 2 amide bonds. The number of carboxylic acid groups (broad SMARTS) is 2. The number of carbonyl (C=O) groups is 2. The summed E-state index contributed by atoms with van der Waals surface area (Å²) in [5.41, 5.74) is 0. The summed E-state index contributed by atoms with van der Waals surface area (Å²) in [6, 6.07) is 0. The van der Waals surface area contributed by atoms with Gasteiger partial charge in [0.15, 0.2) is 20.8 Å². The summed E-state index contributed by atoms with van der Waals surface area (Å²) in [4.78, 5) is 24.5. The molecule has 11 heavy (non-hydrogen) atoms. The minimum absolute atomic E-state index is 0.0960. The molecule has 0 aliphatic carbocycles. The summed E-state index contributed by atoms with van der Waals surface area (Å²) in [6.07, 6.45) is -2.59. The highest BCUT2D eigenvalue weighted by Crippen LogP contribution is 1.89. The second kappa shape index (κ2) is 3.95. The Balaban J connectivity index is 3.84. The third-order valence-corrected chi connectivity index (χ3v) is 1.88. The highest BCUT2D eigenvalue weighted by atomic mass is 28.2. The fraction of sp³-hybridized carbons (Fsp3) is 0. The van der Waals surface area contributed by atoms with Crippen LogP contribution in [0.4, 0.5) is 9.59 Å². The van der Waals surface area contributed by atoms with Gasteiger partial charge in [-0.1, -0.05) is 0 Å². The molecule has 0 aromatic carbocycles. The maximum atomic E-state index is 10.1. The van der Waals surface area contributed by atoms with Crippen LogP contribution < -0.4 is 0 Å². The zero-order valence-corrected chi connectivity index (χ0v) is 10.0. The summed E-state index contributed by atoms with van der Waals surface area (Å²) in [5, 5.41) is 16.5. The van der Waals surface area contributed by atoms with Crippen LogP contribution in [0.1, 0.15) is 0 Å². The monoisotopic (exact) mass is 196 g/mol. The van der Waals surface area contributed by atoms with Crippen molar-refractivity contribution in [2.45, 2.75) is 0 Å². The Hall–Kier alpha value is -1.07. The molecule has 0 radical (unpaired) electrons. The third-order valence-electron chi connectivity index (χ3n) is 0.784. The lowest BCUT2D eigenvalue weighted by atomic mass is 11.3. The van der Waals surface area contributed by atoms with Crippen LogP contribution in [0.25, 0.3) is 0 Å². The van der Waals surface area contributed by atoms with E-state index in [0.29, 0.717) is 9.46 Å². The third kappa shape index (κ3) is 3.59. The van der Waals surface area contributed by atoms with Gasteiger partial charge in [0.1, 0.15) is 0 Å². The van der Waals surface area contributed by atoms with Crippen molar-refractivity contribution in [1.29, 1.82) is 0 Å². The first kappa shape index (κ1) is 9.93. The predicted octanol–water partition coefficient (Wildman–Crippen LogP) is -2.65. The lowest BCUT2D eigenvalue weighted by Gasteiger charge is -2.19. The van der Waals surface area contributed by atoms with Crippen molar-refractivity contribution in [3.05, 3.63) is 0 Å². The maximum absolute atomic E-state index is 10.1. The van der Waals surface area contributed by atoms with Crippen LogP contribution in [0.2, 0.25) is 0 Å². The molecule has 2 N–H and O–H groups in total. The van der Waals surface area contributed by atoms with E-state index < -0.39 is 12.2 Å². The summed E-state index contributed by atoms with van der Waals surface area (Å²) >= 11 is 0. The van der Waals surface area contributed by atoms with Gasteiger partial charge in [-0.3, -0.25) is 0 Å². The van der Waals surface area contributed by atoms with E-state index in [1.54, 1.807) is 0 Å². The summed E-state index contributed by atoms with van der Waals surface area (Å²) < 4.78 is 1.09. The summed E-state index contributed by atoms with van der Waals surface area (Å²) in [6.45, 7) is 0. The van der Waals surface area contributed by atoms with Gasteiger partial charge >= 0.3 is 12.2 Å². The summed E-state index contributed by atoms with van der Waals surface area (Å²) in [5.74, 6) is 0. The van der Waals surface area contributed by atoms with Crippen LogP contribution in [-0.2, 0) is 4.94 Å². The lowest BCUT2D eigenvalue weighted by molar-refractivity contribution is -0.192. The molecular formula is C2H8N2O5Si2. The van der Waals surface area contributed by atoms with Crippen LogP contribution >= 0.6 is 0 Å². The molecule has 0 aromatic rings. The average Bonchev–Trinajstić information content (AvgIpc) is 1.87. The number of amides is 2. The van der Waals surface area contributed by atoms with Gasteiger partial charge in [-0.25, -0.2) is 19.0 Å². The molecule has 0 saturated carbocycles. The Bertz CT molecular complexity index is 156. The van der Waals surface area contributed by atoms with Crippen molar-refractivity contribution in [3.63, 3.8) is 0 Å². The topological polar surface area (TPSA) is 90.3 Å². The fourth-order valence-corrected chi connectivity index (χ4v) is 1.07. The van der Waals surface area contributed by atoms with Gasteiger partial charge in [-0.2, -0.15) is 4.94 Å².